The fourth-order valence-corrected chi connectivity index (χ4v) is 3.25. The molecule has 1 heterocycles. The SMILES string of the molecule is NC(=O)c1cccc(-n2c(=S)[nH]c3cc(Br)ccc3c2=O)c1Cl. The Hall–Kier alpha value is -1.96. The van der Waals surface area contributed by atoms with Crippen LogP contribution in [-0.4, -0.2) is 15.5 Å². The Balaban J connectivity index is 2.41. The third-order valence-electron chi connectivity index (χ3n) is 3.34. The lowest BCUT2D eigenvalue weighted by atomic mass is 10.2. The number of aromatic nitrogens is 2. The molecule has 116 valence electrons. The molecule has 3 N–H and O–H groups in total. The van der Waals surface area contributed by atoms with Crippen molar-refractivity contribution in [3.8, 4) is 5.69 Å². The number of nitrogens with one attached hydrogen (secondary N) is 1. The molecule has 0 unspecified atom stereocenters. The summed E-state index contributed by atoms with van der Waals surface area (Å²) in [5, 5.41) is 0.528. The summed E-state index contributed by atoms with van der Waals surface area (Å²) < 4.78 is 2.24. The highest BCUT2D eigenvalue weighted by molar-refractivity contribution is 9.10. The molecule has 0 saturated carbocycles. The van der Waals surface area contributed by atoms with Gasteiger partial charge in [-0.05, 0) is 42.5 Å². The van der Waals surface area contributed by atoms with E-state index in [1.807, 2.05) is 0 Å². The van der Waals surface area contributed by atoms with Gasteiger partial charge in [-0.15, -0.1) is 0 Å². The van der Waals surface area contributed by atoms with E-state index < -0.39 is 5.91 Å². The number of aromatic amines is 1. The van der Waals surface area contributed by atoms with Crippen molar-refractivity contribution in [2.24, 2.45) is 5.73 Å². The Morgan fingerprint density at radius 1 is 1.30 bits per heavy atom. The molecule has 0 radical (unpaired) electrons. The second kappa shape index (κ2) is 5.92. The first-order valence-corrected chi connectivity index (χ1v) is 8.01. The molecule has 0 aliphatic heterocycles. The van der Waals surface area contributed by atoms with Gasteiger partial charge >= 0.3 is 0 Å². The van der Waals surface area contributed by atoms with Crippen LogP contribution < -0.4 is 11.3 Å². The van der Waals surface area contributed by atoms with Gasteiger partial charge in [-0.25, -0.2) is 0 Å². The highest BCUT2D eigenvalue weighted by atomic mass is 79.9. The fourth-order valence-electron chi connectivity index (χ4n) is 2.29. The van der Waals surface area contributed by atoms with Crippen molar-refractivity contribution in [2.45, 2.75) is 0 Å². The van der Waals surface area contributed by atoms with Gasteiger partial charge in [-0.2, -0.15) is 0 Å². The molecule has 0 spiro atoms. The van der Waals surface area contributed by atoms with Crippen molar-refractivity contribution < 1.29 is 4.79 Å². The Morgan fingerprint density at radius 2 is 2.04 bits per heavy atom. The van der Waals surface area contributed by atoms with E-state index in [4.69, 9.17) is 29.6 Å². The van der Waals surface area contributed by atoms with Crippen molar-refractivity contribution in [3.63, 3.8) is 0 Å². The number of nitrogens with two attached hydrogens (primary N) is 1. The lowest BCUT2D eigenvalue weighted by Crippen LogP contribution is -2.22. The van der Waals surface area contributed by atoms with Crippen molar-refractivity contribution in [1.82, 2.24) is 9.55 Å². The first-order chi connectivity index (χ1) is 10.9. The third kappa shape index (κ3) is 2.71. The zero-order valence-electron chi connectivity index (χ0n) is 11.5. The molecule has 23 heavy (non-hydrogen) atoms. The van der Waals surface area contributed by atoms with Gasteiger partial charge in [0, 0.05) is 4.47 Å². The second-order valence-electron chi connectivity index (χ2n) is 4.76. The van der Waals surface area contributed by atoms with E-state index in [-0.39, 0.29) is 20.9 Å². The number of H-pyrrole nitrogens is 1. The largest absolute Gasteiger partial charge is 0.366 e. The Bertz CT molecular complexity index is 1070. The van der Waals surface area contributed by atoms with E-state index in [1.54, 1.807) is 30.3 Å². The van der Waals surface area contributed by atoms with Gasteiger partial charge in [0.1, 0.15) is 0 Å². The molecule has 0 aliphatic rings. The van der Waals surface area contributed by atoms with Crippen LogP contribution in [-0.2, 0) is 0 Å². The molecule has 0 aliphatic carbocycles. The number of primary amides is 1. The molecule has 0 fully saturated rings. The van der Waals surface area contributed by atoms with Crippen LogP contribution in [0.4, 0.5) is 0 Å². The van der Waals surface area contributed by atoms with Gasteiger partial charge in [-0.3, -0.25) is 14.2 Å². The normalized spacial score (nSPS) is 10.9. The van der Waals surface area contributed by atoms with Crippen LogP contribution in [0, 0.1) is 4.77 Å². The number of halogens is 2. The van der Waals surface area contributed by atoms with Crippen LogP contribution in [0.25, 0.3) is 16.6 Å². The lowest BCUT2D eigenvalue weighted by Gasteiger charge is -2.11. The van der Waals surface area contributed by atoms with Gasteiger partial charge < -0.3 is 10.7 Å². The standard InChI is InChI=1S/C15H9BrClN3O2S/c16-7-4-5-8-10(6-7)19-15(23)20(14(8)22)11-3-1-2-9(12(11)17)13(18)21/h1-6H,(H2,18,21)(H,19,23). The number of fused-ring (bicyclic) bond motifs is 1. The van der Waals surface area contributed by atoms with Gasteiger partial charge in [0.2, 0.25) is 5.91 Å². The summed E-state index contributed by atoms with van der Waals surface area (Å²) >= 11 is 14.9. The van der Waals surface area contributed by atoms with Crippen molar-refractivity contribution in [1.29, 1.82) is 0 Å². The van der Waals surface area contributed by atoms with E-state index in [1.165, 1.54) is 10.6 Å². The first-order valence-electron chi connectivity index (χ1n) is 6.43. The van der Waals surface area contributed by atoms with E-state index in [2.05, 4.69) is 20.9 Å². The molecule has 5 nitrogen and oxygen atoms in total. The lowest BCUT2D eigenvalue weighted by molar-refractivity contribution is 0.100. The van der Waals surface area contributed by atoms with E-state index in [0.717, 1.165) is 4.47 Å². The molecular weight excluding hydrogens is 402 g/mol. The van der Waals surface area contributed by atoms with Crippen LogP contribution in [0.5, 0.6) is 0 Å². The molecule has 0 saturated heterocycles. The zero-order valence-corrected chi connectivity index (χ0v) is 14.6. The Morgan fingerprint density at radius 3 is 2.74 bits per heavy atom. The Labute approximate surface area is 148 Å². The minimum atomic E-state index is -0.676. The number of hydrogen-bond donors (Lipinski definition) is 2. The average molecular weight is 411 g/mol. The van der Waals surface area contributed by atoms with Crippen LogP contribution in [0.1, 0.15) is 10.4 Å². The molecule has 1 amide bonds. The molecular formula is C15H9BrClN3O2S. The van der Waals surface area contributed by atoms with Crippen LogP contribution in [0.15, 0.2) is 45.7 Å². The number of rotatable bonds is 2. The number of benzene rings is 2. The summed E-state index contributed by atoms with van der Waals surface area (Å²) in [6, 6.07) is 9.88. The van der Waals surface area contributed by atoms with E-state index in [9.17, 15) is 9.59 Å². The predicted octanol–water partition coefficient (Wildman–Crippen LogP) is 3.56. The van der Waals surface area contributed by atoms with Gasteiger partial charge in [0.05, 0.1) is 27.2 Å². The number of amides is 1. The summed E-state index contributed by atoms with van der Waals surface area (Å²) in [7, 11) is 0. The summed E-state index contributed by atoms with van der Waals surface area (Å²) in [4.78, 5) is 27.2. The maximum atomic E-state index is 12.8. The van der Waals surface area contributed by atoms with Crippen LogP contribution in [0.3, 0.4) is 0 Å². The monoisotopic (exact) mass is 409 g/mol. The van der Waals surface area contributed by atoms with Gasteiger partial charge in [-0.1, -0.05) is 33.6 Å². The van der Waals surface area contributed by atoms with Gasteiger partial charge in [0.15, 0.2) is 4.77 Å². The molecule has 3 aromatic rings. The molecule has 1 aromatic heterocycles. The minimum absolute atomic E-state index is 0.0815. The highest BCUT2D eigenvalue weighted by Crippen LogP contribution is 2.24. The Kier molecular flexibility index (Phi) is 4.09. The summed E-state index contributed by atoms with van der Waals surface area (Å²) in [5.41, 5.74) is 6.00. The van der Waals surface area contributed by atoms with Crippen molar-refractivity contribution >= 4 is 56.6 Å². The summed E-state index contributed by atoms with van der Waals surface area (Å²) in [6.45, 7) is 0. The summed E-state index contributed by atoms with van der Waals surface area (Å²) in [5.74, 6) is -0.676. The second-order valence-corrected chi connectivity index (χ2v) is 6.44. The minimum Gasteiger partial charge on any atom is -0.366 e. The van der Waals surface area contributed by atoms with Crippen LogP contribution >= 0.6 is 39.7 Å². The van der Waals surface area contributed by atoms with Crippen molar-refractivity contribution in [2.75, 3.05) is 0 Å². The molecule has 0 atom stereocenters. The number of hydrogen-bond acceptors (Lipinski definition) is 3. The fraction of sp³-hybridized carbons (Fsp3) is 0. The highest BCUT2D eigenvalue weighted by Gasteiger charge is 2.15. The molecule has 3 rings (SSSR count). The molecule has 8 heteroatoms. The van der Waals surface area contributed by atoms with E-state index in [0.29, 0.717) is 16.6 Å². The predicted molar refractivity (Wildman–Crippen MR) is 96.0 cm³/mol. The quantitative estimate of drug-likeness (QED) is 0.634. The van der Waals surface area contributed by atoms with Gasteiger partial charge in [0.25, 0.3) is 5.56 Å². The maximum absolute atomic E-state index is 12.8. The topological polar surface area (TPSA) is 80.9 Å². The number of carbonyl (C=O) groups is 1. The summed E-state index contributed by atoms with van der Waals surface area (Å²) in [6.07, 6.45) is 0. The number of carbonyl (C=O) groups excluding carboxylic acids is 1. The third-order valence-corrected chi connectivity index (χ3v) is 4.52. The molecule has 0 bridgehead atoms. The maximum Gasteiger partial charge on any atom is 0.266 e. The van der Waals surface area contributed by atoms with E-state index >= 15 is 0 Å². The van der Waals surface area contributed by atoms with Crippen molar-refractivity contribution in [3.05, 3.63) is 66.6 Å². The molecule has 2 aromatic carbocycles. The zero-order chi connectivity index (χ0) is 16.7. The number of nitrogens with zero attached hydrogens (tertiary/aromatic N) is 1. The smallest absolute Gasteiger partial charge is 0.266 e. The average Bonchev–Trinajstić information content (AvgIpc) is 2.48. The van der Waals surface area contributed by atoms with Crippen LogP contribution in [0.2, 0.25) is 5.02 Å². The first kappa shape index (κ1) is 15.9.